The number of nitrogens with one attached hydrogen (secondary N) is 1. The van der Waals surface area contributed by atoms with E-state index in [1.807, 2.05) is 17.9 Å². The predicted octanol–water partition coefficient (Wildman–Crippen LogP) is 2.37. The summed E-state index contributed by atoms with van der Waals surface area (Å²) in [6, 6.07) is 0. The van der Waals surface area contributed by atoms with Crippen LogP contribution in [-0.2, 0) is 11.8 Å². The van der Waals surface area contributed by atoms with Crippen LogP contribution in [0, 0.1) is 5.92 Å². The van der Waals surface area contributed by atoms with Crippen LogP contribution in [0.4, 0.5) is 5.82 Å². The monoisotopic (exact) mass is 356 g/mol. The van der Waals surface area contributed by atoms with E-state index in [4.69, 9.17) is 9.97 Å². The molecule has 0 unspecified atom stereocenters. The number of aryl methyl sites for hydroxylation is 1. The van der Waals surface area contributed by atoms with Gasteiger partial charge in [0.15, 0.2) is 5.65 Å². The molecule has 1 aliphatic heterocycles. The van der Waals surface area contributed by atoms with E-state index < -0.39 is 0 Å². The second-order valence-corrected chi connectivity index (χ2v) is 7.78. The van der Waals surface area contributed by atoms with Crippen LogP contribution in [0.2, 0.25) is 0 Å². The summed E-state index contributed by atoms with van der Waals surface area (Å²) in [5, 5.41) is 8.43. The number of piperidine rings is 1. The third-order valence-corrected chi connectivity index (χ3v) is 5.77. The maximum Gasteiger partial charge on any atom is 0.216 e. The van der Waals surface area contributed by atoms with Gasteiger partial charge in [-0.2, -0.15) is 5.10 Å². The Morgan fingerprint density at radius 2 is 2.04 bits per heavy atom. The third-order valence-electron chi connectivity index (χ3n) is 5.77. The van der Waals surface area contributed by atoms with Crippen molar-refractivity contribution in [3.05, 3.63) is 12.0 Å². The van der Waals surface area contributed by atoms with Gasteiger partial charge in [0.05, 0.1) is 11.6 Å². The zero-order chi connectivity index (χ0) is 18.1. The average Bonchev–Trinajstić information content (AvgIpc) is 3.30. The van der Waals surface area contributed by atoms with Crippen LogP contribution in [0.25, 0.3) is 11.0 Å². The summed E-state index contributed by atoms with van der Waals surface area (Å²) in [4.78, 5) is 23.5. The highest BCUT2D eigenvalue weighted by Gasteiger charge is 2.27. The van der Waals surface area contributed by atoms with Crippen LogP contribution < -0.4 is 10.2 Å². The Bertz CT molecular complexity index is 795. The van der Waals surface area contributed by atoms with Crippen LogP contribution in [0.5, 0.6) is 0 Å². The lowest BCUT2D eigenvalue weighted by molar-refractivity contribution is -0.119. The summed E-state index contributed by atoms with van der Waals surface area (Å²) < 4.78 is 1.86. The number of aromatic nitrogens is 4. The smallest absolute Gasteiger partial charge is 0.216 e. The lowest BCUT2D eigenvalue weighted by atomic mass is 9.97. The number of hydrogen-bond acceptors (Lipinski definition) is 5. The Hall–Kier alpha value is -2.18. The molecule has 1 amide bonds. The fraction of sp³-hybridized carbons (Fsp3) is 0.684. The standard InChI is InChI=1S/C19H28N6O/c1-13(26)20-10-14-6-5-9-25(12-14)19-16-11-21-24(2)18(16)22-17(23-19)15-7-3-4-8-15/h11,14-15H,3-10,12H2,1-2H3,(H,20,26)/t14-/m0/s1. The van der Waals surface area contributed by atoms with Gasteiger partial charge in [0, 0.05) is 39.5 Å². The van der Waals surface area contributed by atoms with Crippen LogP contribution in [0.15, 0.2) is 6.20 Å². The highest BCUT2D eigenvalue weighted by Crippen LogP contribution is 2.35. The second-order valence-electron chi connectivity index (χ2n) is 7.78. The zero-order valence-electron chi connectivity index (χ0n) is 15.7. The van der Waals surface area contributed by atoms with Crippen molar-refractivity contribution in [2.75, 3.05) is 24.5 Å². The van der Waals surface area contributed by atoms with Gasteiger partial charge in [-0.05, 0) is 31.6 Å². The first-order valence-electron chi connectivity index (χ1n) is 9.81. The molecule has 3 heterocycles. The van der Waals surface area contributed by atoms with Crippen molar-refractivity contribution in [3.63, 3.8) is 0 Å². The highest BCUT2D eigenvalue weighted by atomic mass is 16.1. The van der Waals surface area contributed by atoms with E-state index in [0.717, 1.165) is 55.2 Å². The first-order valence-corrected chi connectivity index (χ1v) is 9.81. The van der Waals surface area contributed by atoms with Crippen LogP contribution in [-0.4, -0.2) is 45.3 Å². The van der Waals surface area contributed by atoms with E-state index in [1.165, 1.54) is 25.7 Å². The first kappa shape index (κ1) is 17.2. The van der Waals surface area contributed by atoms with Crippen molar-refractivity contribution in [1.82, 2.24) is 25.1 Å². The number of nitrogens with zero attached hydrogens (tertiary/aromatic N) is 5. The summed E-state index contributed by atoms with van der Waals surface area (Å²) in [5.74, 6) is 3.00. The molecule has 0 bridgehead atoms. The number of carbonyl (C=O) groups is 1. The molecule has 2 aromatic heterocycles. The highest BCUT2D eigenvalue weighted by molar-refractivity contribution is 5.87. The lowest BCUT2D eigenvalue weighted by Gasteiger charge is -2.34. The molecule has 140 valence electrons. The maximum absolute atomic E-state index is 11.3. The van der Waals surface area contributed by atoms with Crippen molar-refractivity contribution in [1.29, 1.82) is 0 Å². The fourth-order valence-corrected chi connectivity index (χ4v) is 4.34. The lowest BCUT2D eigenvalue weighted by Crippen LogP contribution is -2.41. The normalized spacial score (nSPS) is 21.5. The summed E-state index contributed by atoms with van der Waals surface area (Å²) in [7, 11) is 1.95. The minimum atomic E-state index is 0.0438. The van der Waals surface area contributed by atoms with Gasteiger partial charge in [0.25, 0.3) is 0 Å². The van der Waals surface area contributed by atoms with Crippen molar-refractivity contribution in [3.8, 4) is 0 Å². The van der Waals surface area contributed by atoms with E-state index in [9.17, 15) is 4.79 Å². The van der Waals surface area contributed by atoms with Gasteiger partial charge in [-0.15, -0.1) is 0 Å². The molecule has 1 aliphatic carbocycles. The number of hydrogen-bond donors (Lipinski definition) is 1. The van der Waals surface area contributed by atoms with Crippen LogP contribution >= 0.6 is 0 Å². The topological polar surface area (TPSA) is 75.9 Å². The molecule has 0 radical (unpaired) electrons. The van der Waals surface area contributed by atoms with E-state index in [2.05, 4.69) is 15.3 Å². The molecule has 7 nitrogen and oxygen atoms in total. The molecule has 1 saturated heterocycles. The van der Waals surface area contributed by atoms with Crippen molar-refractivity contribution in [2.24, 2.45) is 13.0 Å². The minimum absolute atomic E-state index is 0.0438. The van der Waals surface area contributed by atoms with Gasteiger partial charge in [-0.25, -0.2) is 9.97 Å². The first-order chi connectivity index (χ1) is 12.6. The Kier molecular flexibility index (Phi) is 4.78. The number of anilines is 1. The van der Waals surface area contributed by atoms with Crippen LogP contribution in [0.3, 0.4) is 0 Å². The quantitative estimate of drug-likeness (QED) is 0.910. The molecular formula is C19H28N6O. The van der Waals surface area contributed by atoms with E-state index in [1.54, 1.807) is 6.92 Å². The van der Waals surface area contributed by atoms with Gasteiger partial charge in [0.1, 0.15) is 11.6 Å². The van der Waals surface area contributed by atoms with E-state index >= 15 is 0 Å². The molecular weight excluding hydrogens is 328 g/mol. The largest absolute Gasteiger partial charge is 0.356 e. The molecule has 0 aromatic carbocycles. The van der Waals surface area contributed by atoms with Gasteiger partial charge in [-0.3, -0.25) is 9.48 Å². The molecule has 26 heavy (non-hydrogen) atoms. The summed E-state index contributed by atoms with van der Waals surface area (Å²) in [6.07, 6.45) is 9.08. The number of amides is 1. The molecule has 2 fully saturated rings. The summed E-state index contributed by atoms with van der Waals surface area (Å²) in [5.41, 5.74) is 0.931. The second kappa shape index (κ2) is 7.21. The molecule has 7 heteroatoms. The Morgan fingerprint density at radius 3 is 2.81 bits per heavy atom. The number of carbonyl (C=O) groups excluding carboxylic acids is 1. The molecule has 2 aliphatic rings. The molecule has 1 atom stereocenters. The molecule has 1 saturated carbocycles. The Balaban J connectivity index is 1.64. The van der Waals surface area contributed by atoms with Gasteiger partial charge in [0.2, 0.25) is 5.91 Å². The molecule has 2 aromatic rings. The van der Waals surface area contributed by atoms with Gasteiger partial charge in [-0.1, -0.05) is 12.8 Å². The molecule has 0 spiro atoms. The van der Waals surface area contributed by atoms with Crippen LogP contribution in [0.1, 0.15) is 57.2 Å². The number of rotatable bonds is 4. The van der Waals surface area contributed by atoms with Crippen molar-refractivity contribution >= 4 is 22.8 Å². The van der Waals surface area contributed by atoms with Gasteiger partial charge < -0.3 is 10.2 Å². The Morgan fingerprint density at radius 1 is 1.23 bits per heavy atom. The number of fused-ring (bicyclic) bond motifs is 1. The molecule has 1 N–H and O–H groups in total. The van der Waals surface area contributed by atoms with E-state index in [-0.39, 0.29) is 5.91 Å². The van der Waals surface area contributed by atoms with Gasteiger partial charge >= 0.3 is 0 Å². The maximum atomic E-state index is 11.3. The van der Waals surface area contributed by atoms with Crippen molar-refractivity contribution < 1.29 is 4.79 Å². The van der Waals surface area contributed by atoms with Crippen molar-refractivity contribution in [2.45, 2.75) is 51.4 Å². The third kappa shape index (κ3) is 3.39. The molecule has 4 rings (SSSR count). The predicted molar refractivity (Wildman–Crippen MR) is 101 cm³/mol. The summed E-state index contributed by atoms with van der Waals surface area (Å²) in [6.45, 7) is 4.24. The fourth-order valence-electron chi connectivity index (χ4n) is 4.34. The zero-order valence-corrected chi connectivity index (χ0v) is 15.7. The Labute approximate surface area is 154 Å². The average molecular weight is 356 g/mol. The van der Waals surface area contributed by atoms with E-state index in [0.29, 0.717) is 11.8 Å². The minimum Gasteiger partial charge on any atom is -0.356 e. The SMILES string of the molecule is CC(=O)NC[C@@H]1CCCN(c2nc(C3CCCC3)nc3c2cnn3C)C1. The summed E-state index contributed by atoms with van der Waals surface area (Å²) >= 11 is 0.